The van der Waals surface area contributed by atoms with Crippen molar-refractivity contribution in [2.24, 2.45) is 0 Å². The molecule has 1 aromatic carbocycles. The molecule has 0 aliphatic heterocycles. The van der Waals surface area contributed by atoms with Crippen LogP contribution in [0.15, 0.2) is 29.2 Å². The molecule has 2 amide bonds. The standard InChI is InChI=1S/C12H16N2O3S/c1-9-3-7-11(8-4-9)18(16,17)13-12(15)14(2)10-5-6-10/h3-4,7-8,10H,5-6H2,1-2H3,(H,13,15). The molecule has 1 aliphatic rings. The van der Waals surface area contributed by atoms with Crippen molar-refractivity contribution < 1.29 is 13.2 Å². The van der Waals surface area contributed by atoms with E-state index >= 15 is 0 Å². The second-order valence-corrected chi connectivity index (χ2v) is 6.25. The maximum absolute atomic E-state index is 11.9. The third kappa shape index (κ3) is 2.81. The number of nitrogens with zero attached hydrogens (tertiary/aromatic N) is 1. The first kappa shape index (κ1) is 12.9. The van der Waals surface area contributed by atoms with Crippen molar-refractivity contribution in [3.8, 4) is 0 Å². The van der Waals surface area contributed by atoms with Gasteiger partial charge in [-0.05, 0) is 31.9 Å². The Labute approximate surface area is 107 Å². The Bertz CT molecular complexity index is 547. The molecular weight excluding hydrogens is 252 g/mol. The highest BCUT2D eigenvalue weighted by molar-refractivity contribution is 7.90. The third-order valence-electron chi connectivity index (χ3n) is 2.97. The first-order chi connectivity index (χ1) is 8.40. The van der Waals surface area contributed by atoms with Crippen molar-refractivity contribution >= 4 is 16.1 Å². The molecule has 0 atom stereocenters. The molecule has 0 unspecified atom stereocenters. The van der Waals surface area contributed by atoms with Gasteiger partial charge in [-0.25, -0.2) is 17.9 Å². The van der Waals surface area contributed by atoms with Gasteiger partial charge in [-0.2, -0.15) is 0 Å². The molecule has 18 heavy (non-hydrogen) atoms. The van der Waals surface area contributed by atoms with E-state index < -0.39 is 16.1 Å². The Morgan fingerprint density at radius 2 is 1.83 bits per heavy atom. The van der Waals surface area contributed by atoms with E-state index in [1.807, 2.05) is 6.92 Å². The SMILES string of the molecule is Cc1ccc(S(=O)(=O)NC(=O)N(C)C2CC2)cc1. The van der Waals surface area contributed by atoms with Gasteiger partial charge in [0.1, 0.15) is 0 Å². The van der Waals surface area contributed by atoms with Gasteiger partial charge < -0.3 is 4.90 Å². The maximum atomic E-state index is 11.9. The van der Waals surface area contributed by atoms with Crippen LogP contribution in [0.4, 0.5) is 4.79 Å². The number of amides is 2. The van der Waals surface area contributed by atoms with Crippen molar-refractivity contribution in [1.82, 2.24) is 9.62 Å². The highest BCUT2D eigenvalue weighted by atomic mass is 32.2. The average molecular weight is 268 g/mol. The van der Waals surface area contributed by atoms with E-state index in [-0.39, 0.29) is 10.9 Å². The van der Waals surface area contributed by atoms with Gasteiger partial charge in [-0.3, -0.25) is 0 Å². The summed E-state index contributed by atoms with van der Waals surface area (Å²) in [5.41, 5.74) is 0.968. The first-order valence-electron chi connectivity index (χ1n) is 5.76. The number of hydrogen-bond donors (Lipinski definition) is 1. The largest absolute Gasteiger partial charge is 0.331 e. The van der Waals surface area contributed by atoms with E-state index in [9.17, 15) is 13.2 Å². The molecule has 0 bridgehead atoms. The maximum Gasteiger partial charge on any atom is 0.331 e. The summed E-state index contributed by atoms with van der Waals surface area (Å²) in [7, 11) is -2.16. The molecule has 1 aliphatic carbocycles. The molecule has 0 spiro atoms. The zero-order valence-corrected chi connectivity index (χ0v) is 11.2. The lowest BCUT2D eigenvalue weighted by molar-refractivity contribution is 0.212. The molecule has 0 radical (unpaired) electrons. The number of nitrogens with one attached hydrogen (secondary N) is 1. The van der Waals surface area contributed by atoms with Crippen molar-refractivity contribution in [3.63, 3.8) is 0 Å². The summed E-state index contributed by atoms with van der Waals surface area (Å²) in [4.78, 5) is 13.3. The molecule has 0 aromatic heterocycles. The predicted octanol–water partition coefficient (Wildman–Crippen LogP) is 1.49. The molecule has 1 N–H and O–H groups in total. The topological polar surface area (TPSA) is 66.5 Å². The number of urea groups is 1. The van der Waals surface area contributed by atoms with E-state index in [1.54, 1.807) is 19.2 Å². The minimum absolute atomic E-state index is 0.102. The van der Waals surface area contributed by atoms with Crippen LogP contribution < -0.4 is 4.72 Å². The molecular formula is C12H16N2O3S. The number of benzene rings is 1. The minimum Gasteiger partial charge on any atom is -0.324 e. The summed E-state index contributed by atoms with van der Waals surface area (Å²) >= 11 is 0. The van der Waals surface area contributed by atoms with Gasteiger partial charge >= 0.3 is 6.03 Å². The Morgan fingerprint density at radius 1 is 1.28 bits per heavy atom. The van der Waals surface area contributed by atoms with Gasteiger partial charge in [-0.1, -0.05) is 17.7 Å². The van der Waals surface area contributed by atoms with E-state index in [2.05, 4.69) is 4.72 Å². The Kier molecular flexibility index (Phi) is 3.30. The lowest BCUT2D eigenvalue weighted by atomic mass is 10.2. The molecule has 1 saturated carbocycles. The fourth-order valence-corrected chi connectivity index (χ4v) is 2.58. The second kappa shape index (κ2) is 4.61. The number of carbonyl (C=O) groups is 1. The number of rotatable bonds is 3. The monoisotopic (exact) mass is 268 g/mol. The van der Waals surface area contributed by atoms with Crippen LogP contribution in [-0.2, 0) is 10.0 Å². The van der Waals surface area contributed by atoms with Crippen LogP contribution in [-0.4, -0.2) is 32.4 Å². The summed E-state index contributed by atoms with van der Waals surface area (Å²) in [6, 6.07) is 5.98. The van der Waals surface area contributed by atoms with Crippen molar-refractivity contribution in [2.45, 2.75) is 30.7 Å². The smallest absolute Gasteiger partial charge is 0.324 e. The summed E-state index contributed by atoms with van der Waals surface area (Å²) in [6.45, 7) is 1.87. The fraction of sp³-hybridized carbons (Fsp3) is 0.417. The fourth-order valence-electron chi connectivity index (χ4n) is 1.59. The van der Waals surface area contributed by atoms with Gasteiger partial charge in [0.25, 0.3) is 10.0 Å². The lowest BCUT2D eigenvalue weighted by Gasteiger charge is -2.17. The summed E-state index contributed by atoms with van der Waals surface area (Å²) in [5, 5.41) is 0. The van der Waals surface area contributed by atoms with Crippen LogP contribution in [0, 0.1) is 6.92 Å². The highest BCUT2D eigenvalue weighted by Gasteiger charge is 2.31. The van der Waals surface area contributed by atoms with Gasteiger partial charge in [0.2, 0.25) is 0 Å². The number of sulfonamides is 1. The molecule has 1 aromatic rings. The van der Waals surface area contributed by atoms with Gasteiger partial charge in [0, 0.05) is 13.1 Å². The molecule has 2 rings (SSSR count). The van der Waals surface area contributed by atoms with Crippen molar-refractivity contribution in [3.05, 3.63) is 29.8 Å². The van der Waals surface area contributed by atoms with E-state index in [0.29, 0.717) is 0 Å². The zero-order valence-electron chi connectivity index (χ0n) is 10.4. The summed E-state index contributed by atoms with van der Waals surface area (Å²) < 4.78 is 26.0. The van der Waals surface area contributed by atoms with Crippen LogP contribution in [0.1, 0.15) is 18.4 Å². The molecule has 98 valence electrons. The van der Waals surface area contributed by atoms with E-state index in [4.69, 9.17) is 0 Å². The normalized spacial score (nSPS) is 15.2. The second-order valence-electron chi connectivity index (χ2n) is 4.57. The van der Waals surface area contributed by atoms with Crippen molar-refractivity contribution in [1.29, 1.82) is 0 Å². The first-order valence-corrected chi connectivity index (χ1v) is 7.25. The number of aryl methyl sites for hydroxylation is 1. The average Bonchev–Trinajstić information content (AvgIpc) is 3.11. The van der Waals surface area contributed by atoms with Crippen LogP contribution in [0.2, 0.25) is 0 Å². The third-order valence-corrected chi connectivity index (χ3v) is 4.30. The van der Waals surface area contributed by atoms with Crippen LogP contribution >= 0.6 is 0 Å². The van der Waals surface area contributed by atoms with Gasteiger partial charge in [0.05, 0.1) is 4.90 Å². The Morgan fingerprint density at radius 3 is 2.33 bits per heavy atom. The van der Waals surface area contributed by atoms with Gasteiger partial charge in [0.15, 0.2) is 0 Å². The quantitative estimate of drug-likeness (QED) is 0.903. The predicted molar refractivity (Wildman–Crippen MR) is 67.7 cm³/mol. The molecule has 1 fully saturated rings. The summed E-state index contributed by atoms with van der Waals surface area (Å²) in [6.07, 6.45) is 1.88. The van der Waals surface area contributed by atoms with Crippen LogP contribution in [0.25, 0.3) is 0 Å². The Balaban J connectivity index is 2.11. The lowest BCUT2D eigenvalue weighted by Crippen LogP contribution is -2.41. The summed E-state index contributed by atoms with van der Waals surface area (Å²) in [5.74, 6) is 0. The Hall–Kier alpha value is -1.56. The van der Waals surface area contributed by atoms with Crippen LogP contribution in [0.5, 0.6) is 0 Å². The molecule has 6 heteroatoms. The minimum atomic E-state index is -3.77. The van der Waals surface area contributed by atoms with E-state index in [0.717, 1.165) is 18.4 Å². The molecule has 5 nitrogen and oxygen atoms in total. The van der Waals surface area contributed by atoms with Crippen molar-refractivity contribution in [2.75, 3.05) is 7.05 Å². The molecule has 0 heterocycles. The number of carbonyl (C=O) groups excluding carboxylic acids is 1. The number of hydrogen-bond acceptors (Lipinski definition) is 3. The van der Waals surface area contributed by atoms with Crippen LogP contribution in [0.3, 0.4) is 0 Å². The van der Waals surface area contributed by atoms with E-state index in [1.165, 1.54) is 17.0 Å². The highest BCUT2D eigenvalue weighted by Crippen LogP contribution is 2.25. The molecule has 0 saturated heterocycles. The van der Waals surface area contributed by atoms with Gasteiger partial charge in [-0.15, -0.1) is 0 Å². The zero-order chi connectivity index (χ0) is 13.3.